The van der Waals surface area contributed by atoms with Gasteiger partial charge in [-0.1, -0.05) is 48.6 Å². The van der Waals surface area contributed by atoms with Gasteiger partial charge in [-0.3, -0.25) is 0 Å². The van der Waals surface area contributed by atoms with E-state index in [4.69, 9.17) is 9.47 Å². The molecule has 3 rings (SSSR count). The number of ether oxygens (including phenoxy) is 2. The van der Waals surface area contributed by atoms with Crippen LogP contribution in [-0.4, -0.2) is 24.6 Å². The summed E-state index contributed by atoms with van der Waals surface area (Å²) in [5.74, 6) is -0.909. The van der Waals surface area contributed by atoms with Crippen molar-refractivity contribution >= 4 is 11.9 Å². The lowest BCUT2D eigenvalue weighted by molar-refractivity contribution is 0.00901. The predicted molar refractivity (Wildman–Crippen MR) is 94.2 cm³/mol. The van der Waals surface area contributed by atoms with Crippen molar-refractivity contribution in [2.24, 2.45) is 5.92 Å². The first-order valence-electron chi connectivity index (χ1n) is 8.31. The summed E-state index contributed by atoms with van der Waals surface area (Å²) in [7, 11) is 0. The molecule has 1 fully saturated rings. The second-order valence-corrected chi connectivity index (χ2v) is 6.08. The normalized spacial score (nSPS) is 19.4. The van der Waals surface area contributed by atoms with Crippen LogP contribution in [0.5, 0.6) is 0 Å². The molecule has 0 aliphatic heterocycles. The van der Waals surface area contributed by atoms with Gasteiger partial charge in [-0.05, 0) is 37.1 Å². The van der Waals surface area contributed by atoms with Crippen LogP contribution in [0.2, 0.25) is 0 Å². The maximum absolute atomic E-state index is 12.3. The average Bonchev–Trinajstić information content (AvgIpc) is 3.00. The fraction of sp³-hybridized carbons (Fsp3) is 0.238. The van der Waals surface area contributed by atoms with E-state index in [1.54, 1.807) is 48.5 Å². The molecule has 0 saturated heterocycles. The maximum Gasteiger partial charge on any atom is 0.338 e. The van der Waals surface area contributed by atoms with Crippen LogP contribution >= 0.6 is 0 Å². The topological polar surface area (TPSA) is 52.6 Å². The molecule has 0 radical (unpaired) electrons. The summed E-state index contributed by atoms with van der Waals surface area (Å²) >= 11 is 0. The minimum Gasteiger partial charge on any atom is -0.461 e. The Morgan fingerprint density at radius 3 is 2.08 bits per heavy atom. The van der Waals surface area contributed by atoms with Gasteiger partial charge in [0.2, 0.25) is 0 Å². The average molecular weight is 336 g/mol. The highest BCUT2D eigenvalue weighted by Gasteiger charge is 2.34. The molecule has 25 heavy (non-hydrogen) atoms. The van der Waals surface area contributed by atoms with Crippen LogP contribution < -0.4 is 0 Å². The van der Waals surface area contributed by atoms with Crippen molar-refractivity contribution in [3.8, 4) is 0 Å². The molecule has 128 valence electrons. The first kappa shape index (κ1) is 17.0. The molecule has 4 nitrogen and oxygen atoms in total. The SMILES string of the molecule is C=C1CCC(OC(=O)c2ccccc2)C1COC(=O)c1ccccc1. The summed E-state index contributed by atoms with van der Waals surface area (Å²) in [6, 6.07) is 17.7. The summed E-state index contributed by atoms with van der Waals surface area (Å²) < 4.78 is 11.0. The Labute approximate surface area is 147 Å². The fourth-order valence-electron chi connectivity index (χ4n) is 2.95. The first-order chi connectivity index (χ1) is 12.1. The van der Waals surface area contributed by atoms with Crippen molar-refractivity contribution in [3.05, 3.63) is 83.9 Å². The number of rotatable bonds is 5. The third kappa shape index (κ3) is 4.15. The van der Waals surface area contributed by atoms with Gasteiger partial charge < -0.3 is 9.47 Å². The molecule has 2 atom stereocenters. The number of carbonyl (C=O) groups is 2. The van der Waals surface area contributed by atoms with Crippen molar-refractivity contribution in [2.45, 2.75) is 18.9 Å². The van der Waals surface area contributed by atoms with E-state index in [1.165, 1.54) is 0 Å². The van der Waals surface area contributed by atoms with Crippen LogP contribution in [0.4, 0.5) is 0 Å². The molecule has 0 aromatic heterocycles. The molecular formula is C21H20O4. The molecule has 0 spiro atoms. The van der Waals surface area contributed by atoms with Crippen LogP contribution in [0.25, 0.3) is 0 Å². The van der Waals surface area contributed by atoms with Gasteiger partial charge in [-0.25, -0.2) is 9.59 Å². The lowest BCUT2D eigenvalue weighted by Crippen LogP contribution is -2.27. The van der Waals surface area contributed by atoms with E-state index in [0.29, 0.717) is 17.5 Å². The second kappa shape index (κ2) is 7.79. The summed E-state index contributed by atoms with van der Waals surface area (Å²) in [6.07, 6.45) is 1.15. The Balaban J connectivity index is 1.60. The quantitative estimate of drug-likeness (QED) is 0.611. The molecule has 2 aromatic carbocycles. The Hall–Kier alpha value is -2.88. The van der Waals surface area contributed by atoms with Crippen LogP contribution in [-0.2, 0) is 9.47 Å². The zero-order valence-electron chi connectivity index (χ0n) is 13.9. The molecule has 2 unspecified atom stereocenters. The molecule has 0 amide bonds. The van der Waals surface area contributed by atoms with Gasteiger partial charge in [0.1, 0.15) is 12.7 Å². The van der Waals surface area contributed by atoms with E-state index < -0.39 is 0 Å². The number of hydrogen-bond acceptors (Lipinski definition) is 4. The molecule has 2 aromatic rings. The molecule has 0 bridgehead atoms. The third-order valence-electron chi connectivity index (χ3n) is 4.39. The highest BCUT2D eigenvalue weighted by atomic mass is 16.6. The van der Waals surface area contributed by atoms with Crippen molar-refractivity contribution < 1.29 is 19.1 Å². The van der Waals surface area contributed by atoms with Gasteiger partial charge in [0.25, 0.3) is 0 Å². The van der Waals surface area contributed by atoms with Crippen LogP contribution in [0.15, 0.2) is 72.8 Å². The zero-order chi connectivity index (χ0) is 17.6. The van der Waals surface area contributed by atoms with Crippen LogP contribution in [0.3, 0.4) is 0 Å². The molecule has 1 aliphatic carbocycles. The largest absolute Gasteiger partial charge is 0.461 e. The summed E-state index contributed by atoms with van der Waals surface area (Å²) in [5.41, 5.74) is 1.97. The number of benzene rings is 2. The number of esters is 2. The monoisotopic (exact) mass is 336 g/mol. The third-order valence-corrected chi connectivity index (χ3v) is 4.39. The van der Waals surface area contributed by atoms with E-state index in [1.807, 2.05) is 12.1 Å². The molecule has 1 aliphatic rings. The Bertz CT molecular complexity index is 752. The van der Waals surface area contributed by atoms with E-state index in [-0.39, 0.29) is 30.6 Å². The Morgan fingerprint density at radius 1 is 0.920 bits per heavy atom. The lowest BCUT2D eigenvalue weighted by atomic mass is 10.0. The minimum atomic E-state index is -0.381. The second-order valence-electron chi connectivity index (χ2n) is 6.08. The molecule has 0 N–H and O–H groups in total. The number of carbonyl (C=O) groups excluding carboxylic acids is 2. The van der Waals surface area contributed by atoms with Gasteiger partial charge in [0, 0.05) is 0 Å². The van der Waals surface area contributed by atoms with E-state index in [9.17, 15) is 9.59 Å². The smallest absolute Gasteiger partial charge is 0.338 e. The summed E-state index contributed by atoms with van der Waals surface area (Å²) in [4.78, 5) is 24.4. The maximum atomic E-state index is 12.3. The standard InChI is InChI=1S/C21H20O4/c1-15-12-13-19(25-21(23)17-10-6-3-7-11-17)18(15)14-24-20(22)16-8-4-2-5-9-16/h2-11,18-19H,1,12-14H2. The molecule has 1 saturated carbocycles. The zero-order valence-corrected chi connectivity index (χ0v) is 13.9. The summed E-state index contributed by atoms with van der Waals surface area (Å²) in [5, 5.41) is 0. The van der Waals surface area contributed by atoms with Gasteiger partial charge in [0.15, 0.2) is 0 Å². The number of hydrogen-bond donors (Lipinski definition) is 0. The van der Waals surface area contributed by atoms with Crippen LogP contribution in [0, 0.1) is 5.92 Å². The van der Waals surface area contributed by atoms with Crippen molar-refractivity contribution in [2.75, 3.05) is 6.61 Å². The first-order valence-corrected chi connectivity index (χ1v) is 8.31. The lowest BCUT2D eigenvalue weighted by Gasteiger charge is -2.20. The van der Waals surface area contributed by atoms with Gasteiger partial charge in [-0.15, -0.1) is 0 Å². The molecule has 4 heteroatoms. The van der Waals surface area contributed by atoms with Crippen molar-refractivity contribution in [3.63, 3.8) is 0 Å². The highest BCUT2D eigenvalue weighted by molar-refractivity contribution is 5.90. The van der Waals surface area contributed by atoms with Gasteiger partial charge in [0.05, 0.1) is 17.0 Å². The predicted octanol–water partition coefficient (Wildman–Crippen LogP) is 4.04. The highest BCUT2D eigenvalue weighted by Crippen LogP contribution is 2.33. The van der Waals surface area contributed by atoms with Crippen LogP contribution in [0.1, 0.15) is 33.6 Å². The van der Waals surface area contributed by atoms with Gasteiger partial charge in [-0.2, -0.15) is 0 Å². The minimum absolute atomic E-state index is 0.166. The Kier molecular flexibility index (Phi) is 5.29. The van der Waals surface area contributed by atoms with E-state index in [2.05, 4.69) is 6.58 Å². The molecule has 0 heterocycles. The van der Waals surface area contributed by atoms with Gasteiger partial charge >= 0.3 is 11.9 Å². The van der Waals surface area contributed by atoms with Crippen molar-refractivity contribution in [1.82, 2.24) is 0 Å². The van der Waals surface area contributed by atoms with E-state index >= 15 is 0 Å². The van der Waals surface area contributed by atoms with Crippen molar-refractivity contribution in [1.29, 1.82) is 0 Å². The summed E-state index contributed by atoms with van der Waals surface area (Å²) in [6.45, 7) is 4.20. The van der Waals surface area contributed by atoms with E-state index in [0.717, 1.165) is 12.0 Å². The fourth-order valence-corrected chi connectivity index (χ4v) is 2.95. The Morgan fingerprint density at radius 2 is 1.48 bits per heavy atom. The molecular weight excluding hydrogens is 316 g/mol.